The fraction of sp³-hybridized carbons (Fsp3) is 0.750. The topological polar surface area (TPSA) is 74.3 Å². The van der Waals surface area contributed by atoms with Gasteiger partial charge in [-0.15, -0.1) is 0 Å². The van der Waals surface area contributed by atoms with Crippen molar-refractivity contribution in [1.29, 1.82) is 0 Å². The monoisotopic (exact) mass is 334 g/mol. The minimum Gasteiger partial charge on any atom is -0.382 e. The maximum Gasteiger partial charge on any atom is 0.0738 e. The highest BCUT2D eigenvalue weighted by molar-refractivity contribution is 9.10. The molecular formula is C12H23BrN4O2. The van der Waals surface area contributed by atoms with Crippen molar-refractivity contribution in [3.05, 3.63) is 15.9 Å². The van der Waals surface area contributed by atoms with E-state index in [4.69, 9.17) is 15.3 Å². The van der Waals surface area contributed by atoms with Crippen LogP contribution >= 0.6 is 15.9 Å². The van der Waals surface area contributed by atoms with E-state index in [2.05, 4.69) is 33.4 Å². The van der Waals surface area contributed by atoms with Gasteiger partial charge in [0.2, 0.25) is 0 Å². The first kappa shape index (κ1) is 16.6. The van der Waals surface area contributed by atoms with Crippen molar-refractivity contribution in [3.8, 4) is 0 Å². The molecule has 0 aliphatic carbocycles. The van der Waals surface area contributed by atoms with Gasteiger partial charge in [0.1, 0.15) is 0 Å². The molecule has 110 valence electrons. The summed E-state index contributed by atoms with van der Waals surface area (Å²) in [5, 5.41) is 4.47. The van der Waals surface area contributed by atoms with E-state index in [-0.39, 0.29) is 6.04 Å². The lowest BCUT2D eigenvalue weighted by atomic mass is 10.1. The van der Waals surface area contributed by atoms with Crippen LogP contribution in [0.25, 0.3) is 0 Å². The van der Waals surface area contributed by atoms with Crippen LogP contribution in [0.4, 0.5) is 0 Å². The number of nitrogens with one attached hydrogen (secondary N) is 1. The minimum atomic E-state index is 0.0505. The van der Waals surface area contributed by atoms with Gasteiger partial charge in [0.05, 0.1) is 35.7 Å². The van der Waals surface area contributed by atoms with E-state index in [1.807, 2.05) is 11.6 Å². The lowest BCUT2D eigenvalue weighted by Crippen LogP contribution is -2.41. The summed E-state index contributed by atoms with van der Waals surface area (Å²) >= 11 is 3.58. The molecule has 1 aromatic rings. The Labute approximate surface area is 122 Å². The molecule has 0 aliphatic heterocycles. The third-order valence-electron chi connectivity index (χ3n) is 2.88. The Kier molecular flexibility index (Phi) is 7.55. The molecule has 0 saturated heterocycles. The van der Waals surface area contributed by atoms with Crippen LogP contribution in [0.2, 0.25) is 0 Å². The predicted molar refractivity (Wildman–Crippen MR) is 77.8 cm³/mol. The molecule has 0 fully saturated rings. The first-order valence-corrected chi connectivity index (χ1v) is 7.17. The third kappa shape index (κ3) is 4.85. The normalized spacial score (nSPS) is 12.9. The predicted octanol–water partition coefficient (Wildman–Crippen LogP) is 1.01. The van der Waals surface area contributed by atoms with Crippen LogP contribution in [0, 0.1) is 6.92 Å². The number of methoxy groups -OCH3 is 1. The van der Waals surface area contributed by atoms with E-state index >= 15 is 0 Å². The molecule has 1 heterocycles. The van der Waals surface area contributed by atoms with Crippen LogP contribution in [0.5, 0.6) is 0 Å². The van der Waals surface area contributed by atoms with Crippen molar-refractivity contribution in [3.63, 3.8) is 0 Å². The second-order valence-corrected chi connectivity index (χ2v) is 5.09. The van der Waals surface area contributed by atoms with E-state index in [1.54, 1.807) is 7.11 Å². The van der Waals surface area contributed by atoms with Gasteiger partial charge in [0.15, 0.2) is 0 Å². The van der Waals surface area contributed by atoms with Gasteiger partial charge < -0.3 is 9.47 Å². The van der Waals surface area contributed by atoms with Crippen LogP contribution in [0.1, 0.15) is 18.3 Å². The zero-order chi connectivity index (χ0) is 14.3. The Bertz CT molecular complexity index is 384. The Morgan fingerprint density at radius 2 is 2.21 bits per heavy atom. The maximum absolute atomic E-state index is 5.58. The molecule has 7 heteroatoms. The van der Waals surface area contributed by atoms with Crippen molar-refractivity contribution < 1.29 is 9.47 Å². The average Bonchev–Trinajstić information content (AvgIpc) is 2.69. The molecule has 1 rings (SSSR count). The highest BCUT2D eigenvalue weighted by atomic mass is 79.9. The number of aryl methyl sites for hydroxylation is 2. The number of nitrogens with two attached hydrogens (primary N) is 1. The molecule has 1 aromatic heterocycles. The van der Waals surface area contributed by atoms with Crippen LogP contribution in [-0.2, 0) is 22.4 Å². The Balaban J connectivity index is 2.59. The summed E-state index contributed by atoms with van der Waals surface area (Å²) in [6.45, 7) is 6.60. The van der Waals surface area contributed by atoms with Crippen LogP contribution in [0.3, 0.4) is 0 Å². The number of ether oxygens (including phenoxy) is 2. The first-order chi connectivity index (χ1) is 9.13. The van der Waals surface area contributed by atoms with Crippen molar-refractivity contribution in [2.24, 2.45) is 5.84 Å². The van der Waals surface area contributed by atoms with E-state index < -0.39 is 0 Å². The smallest absolute Gasteiger partial charge is 0.0738 e. The van der Waals surface area contributed by atoms with E-state index in [1.165, 1.54) is 0 Å². The molecule has 1 unspecified atom stereocenters. The van der Waals surface area contributed by atoms with Crippen LogP contribution < -0.4 is 11.3 Å². The lowest BCUT2D eigenvalue weighted by molar-refractivity contribution is 0.0584. The Morgan fingerprint density at radius 3 is 2.79 bits per heavy atom. The van der Waals surface area contributed by atoms with Crippen molar-refractivity contribution in [2.45, 2.75) is 32.9 Å². The number of nitrogens with zero attached hydrogens (tertiary/aromatic N) is 2. The number of aromatic nitrogens is 2. The molecule has 0 radical (unpaired) electrons. The molecule has 0 aromatic carbocycles. The summed E-state index contributed by atoms with van der Waals surface area (Å²) in [7, 11) is 1.65. The van der Waals surface area contributed by atoms with Gasteiger partial charge in [-0.25, -0.2) is 0 Å². The molecular weight excluding hydrogens is 312 g/mol. The second kappa shape index (κ2) is 8.65. The van der Waals surface area contributed by atoms with Crippen molar-refractivity contribution in [2.75, 3.05) is 26.9 Å². The maximum atomic E-state index is 5.58. The quantitative estimate of drug-likeness (QED) is 0.400. The number of hydrazine groups is 1. The van der Waals surface area contributed by atoms with E-state index in [0.29, 0.717) is 19.8 Å². The van der Waals surface area contributed by atoms with Gasteiger partial charge in [-0.3, -0.25) is 16.0 Å². The lowest BCUT2D eigenvalue weighted by Gasteiger charge is -2.17. The molecule has 19 heavy (non-hydrogen) atoms. The zero-order valence-electron chi connectivity index (χ0n) is 11.8. The molecule has 0 amide bonds. The standard InChI is InChI=1S/C12H23BrN4O2/c1-4-17-11(12(13)9(2)16-17)7-10(15-14)8-19-6-5-18-3/h10,15H,4-8,14H2,1-3H3. The molecule has 1 atom stereocenters. The van der Waals surface area contributed by atoms with Crippen molar-refractivity contribution >= 4 is 15.9 Å². The molecule has 0 aliphatic rings. The average molecular weight is 335 g/mol. The third-order valence-corrected chi connectivity index (χ3v) is 3.91. The summed E-state index contributed by atoms with van der Waals surface area (Å²) < 4.78 is 13.5. The van der Waals surface area contributed by atoms with Gasteiger partial charge in [0.25, 0.3) is 0 Å². The highest BCUT2D eigenvalue weighted by Crippen LogP contribution is 2.22. The van der Waals surface area contributed by atoms with Crippen LogP contribution in [0.15, 0.2) is 4.47 Å². The molecule has 0 saturated carbocycles. The summed E-state index contributed by atoms with van der Waals surface area (Å²) in [5.74, 6) is 5.58. The summed E-state index contributed by atoms with van der Waals surface area (Å²) in [6.07, 6.45) is 0.763. The van der Waals surface area contributed by atoms with E-state index in [0.717, 1.165) is 28.8 Å². The number of hydrogen-bond acceptors (Lipinski definition) is 5. The van der Waals surface area contributed by atoms with Gasteiger partial charge in [0, 0.05) is 26.1 Å². The SMILES string of the molecule is CCn1nc(C)c(Br)c1CC(COCCOC)NN. The first-order valence-electron chi connectivity index (χ1n) is 6.38. The van der Waals surface area contributed by atoms with Crippen molar-refractivity contribution in [1.82, 2.24) is 15.2 Å². The summed E-state index contributed by atoms with van der Waals surface area (Å²) in [6, 6.07) is 0.0505. The number of halogens is 1. The van der Waals surface area contributed by atoms with Gasteiger partial charge >= 0.3 is 0 Å². The Morgan fingerprint density at radius 1 is 1.47 bits per heavy atom. The summed E-state index contributed by atoms with van der Waals surface area (Å²) in [5.41, 5.74) is 4.92. The fourth-order valence-corrected chi connectivity index (χ4v) is 2.28. The minimum absolute atomic E-state index is 0.0505. The molecule has 6 nitrogen and oxygen atoms in total. The summed E-state index contributed by atoms with van der Waals surface area (Å²) in [4.78, 5) is 0. The molecule has 3 N–H and O–H groups in total. The Hall–Kier alpha value is -0.470. The highest BCUT2D eigenvalue weighted by Gasteiger charge is 2.17. The number of hydrogen-bond donors (Lipinski definition) is 2. The number of rotatable bonds is 9. The molecule has 0 spiro atoms. The molecule has 0 bridgehead atoms. The van der Waals surface area contributed by atoms with Gasteiger partial charge in [-0.05, 0) is 29.8 Å². The van der Waals surface area contributed by atoms with Gasteiger partial charge in [-0.1, -0.05) is 0 Å². The van der Waals surface area contributed by atoms with E-state index in [9.17, 15) is 0 Å². The van der Waals surface area contributed by atoms with Crippen LogP contribution in [-0.4, -0.2) is 42.8 Å². The largest absolute Gasteiger partial charge is 0.382 e. The zero-order valence-corrected chi connectivity index (χ0v) is 13.4. The fourth-order valence-electron chi connectivity index (χ4n) is 1.83. The van der Waals surface area contributed by atoms with Gasteiger partial charge in [-0.2, -0.15) is 5.10 Å². The second-order valence-electron chi connectivity index (χ2n) is 4.30.